The van der Waals surface area contributed by atoms with Crippen molar-refractivity contribution in [3.8, 4) is 5.75 Å². The number of benzene rings is 1. The normalized spacial score (nSPS) is 21.1. The lowest BCUT2D eigenvalue weighted by atomic mass is 9.89. The first-order valence-corrected chi connectivity index (χ1v) is 6.48. The van der Waals surface area contributed by atoms with Crippen molar-refractivity contribution in [2.75, 3.05) is 6.61 Å². The predicted molar refractivity (Wildman–Crippen MR) is 65.1 cm³/mol. The smallest absolute Gasteiger partial charge is 0.126 e. The summed E-state index contributed by atoms with van der Waals surface area (Å²) in [4.78, 5) is 0. The number of ether oxygens (including phenoxy) is 1. The van der Waals surface area contributed by atoms with E-state index in [-0.39, 0.29) is 5.82 Å². The highest BCUT2D eigenvalue weighted by Gasteiger charge is 2.28. The van der Waals surface area contributed by atoms with Crippen LogP contribution in [0.15, 0.2) is 18.2 Å². The zero-order valence-electron chi connectivity index (χ0n) is 9.28. The molecule has 16 heavy (non-hydrogen) atoms. The molecule has 1 heterocycles. The summed E-state index contributed by atoms with van der Waals surface area (Å²) in [6.07, 6.45) is 1.98. The average Bonchev–Trinajstić information content (AvgIpc) is 2.30. The van der Waals surface area contributed by atoms with Crippen molar-refractivity contribution in [3.63, 3.8) is 0 Å². The number of halogens is 1. The largest absolute Gasteiger partial charge is 0.493 e. The Labute approximate surface area is 99.5 Å². The van der Waals surface area contributed by atoms with E-state index >= 15 is 0 Å². The highest BCUT2D eigenvalue weighted by Crippen LogP contribution is 2.39. The average molecular weight is 241 g/mol. The van der Waals surface area contributed by atoms with Gasteiger partial charge in [0.15, 0.2) is 0 Å². The molecule has 1 aliphatic heterocycles. The summed E-state index contributed by atoms with van der Waals surface area (Å²) < 4.78 is 18.6. The molecule has 88 valence electrons. The summed E-state index contributed by atoms with van der Waals surface area (Å²) in [7, 11) is 0. The number of fused-ring (bicyclic) bond motifs is 1. The number of nitrogens with two attached hydrogens (primary N) is 1. The monoisotopic (exact) mass is 241 g/mol. The van der Waals surface area contributed by atoms with Crippen molar-refractivity contribution in [1.82, 2.24) is 0 Å². The Balaban J connectivity index is 2.32. The van der Waals surface area contributed by atoms with Gasteiger partial charge in [0.2, 0.25) is 0 Å². The van der Waals surface area contributed by atoms with Gasteiger partial charge in [-0.25, -0.2) is 4.39 Å². The number of hydrogen-bond donors (Lipinski definition) is 1. The van der Waals surface area contributed by atoms with Crippen LogP contribution in [0.25, 0.3) is 0 Å². The fraction of sp³-hybridized carbons (Fsp3) is 0.500. The van der Waals surface area contributed by atoms with Crippen LogP contribution in [0.5, 0.6) is 5.75 Å². The van der Waals surface area contributed by atoms with Gasteiger partial charge in [-0.15, -0.1) is 0 Å². The standard InChI is InChI=1S/C12H16FNOS/c1-2-12(16-14)10-5-6-15-11-7-8(13)3-4-9(10)11/h3-4,7,10,12H,2,5-6,14H2,1H3/t10-,12+/m0/s1. The quantitative estimate of drug-likeness (QED) is 0.826. The third kappa shape index (κ3) is 2.18. The minimum Gasteiger partial charge on any atom is -0.493 e. The second kappa shape index (κ2) is 5.06. The lowest BCUT2D eigenvalue weighted by molar-refractivity contribution is 0.263. The van der Waals surface area contributed by atoms with Crippen molar-refractivity contribution in [3.05, 3.63) is 29.6 Å². The van der Waals surface area contributed by atoms with E-state index in [4.69, 9.17) is 9.88 Å². The van der Waals surface area contributed by atoms with E-state index in [0.717, 1.165) is 18.4 Å². The molecule has 2 N–H and O–H groups in total. The van der Waals surface area contributed by atoms with Crippen molar-refractivity contribution in [1.29, 1.82) is 0 Å². The van der Waals surface area contributed by atoms with Crippen molar-refractivity contribution in [2.45, 2.75) is 30.9 Å². The molecule has 0 bridgehead atoms. The Bertz CT molecular complexity index is 368. The van der Waals surface area contributed by atoms with Gasteiger partial charge >= 0.3 is 0 Å². The molecule has 1 aliphatic rings. The zero-order chi connectivity index (χ0) is 11.5. The van der Waals surface area contributed by atoms with E-state index < -0.39 is 0 Å². The summed E-state index contributed by atoms with van der Waals surface area (Å²) in [5.74, 6) is 0.820. The highest BCUT2D eigenvalue weighted by atomic mass is 32.2. The second-order valence-electron chi connectivity index (χ2n) is 4.01. The van der Waals surface area contributed by atoms with Crippen molar-refractivity contribution >= 4 is 11.9 Å². The van der Waals surface area contributed by atoms with Gasteiger partial charge in [0, 0.05) is 17.2 Å². The molecular weight excluding hydrogens is 225 g/mol. The molecule has 0 radical (unpaired) electrons. The molecule has 0 amide bonds. The Morgan fingerprint density at radius 2 is 2.44 bits per heavy atom. The minimum atomic E-state index is -0.243. The van der Waals surface area contributed by atoms with E-state index in [9.17, 15) is 4.39 Å². The van der Waals surface area contributed by atoms with Crippen LogP contribution in [0.4, 0.5) is 4.39 Å². The molecule has 0 aromatic heterocycles. The Morgan fingerprint density at radius 1 is 1.62 bits per heavy atom. The second-order valence-corrected chi connectivity index (χ2v) is 4.89. The summed E-state index contributed by atoms with van der Waals surface area (Å²) in [6.45, 7) is 2.78. The molecule has 0 spiro atoms. The number of rotatable bonds is 3. The predicted octanol–water partition coefficient (Wildman–Crippen LogP) is 3.08. The van der Waals surface area contributed by atoms with Crippen LogP contribution in [0, 0.1) is 5.82 Å². The third-order valence-corrected chi connectivity index (χ3v) is 4.10. The van der Waals surface area contributed by atoms with Gasteiger partial charge in [-0.1, -0.05) is 24.9 Å². The molecule has 2 nitrogen and oxygen atoms in total. The first-order chi connectivity index (χ1) is 7.76. The maximum atomic E-state index is 13.1. The molecule has 4 heteroatoms. The van der Waals surface area contributed by atoms with Gasteiger partial charge in [-0.2, -0.15) is 0 Å². The lowest BCUT2D eigenvalue weighted by Crippen LogP contribution is -2.23. The Kier molecular flexibility index (Phi) is 3.71. The first kappa shape index (κ1) is 11.7. The van der Waals surface area contributed by atoms with Crippen LogP contribution in [-0.4, -0.2) is 11.9 Å². The lowest BCUT2D eigenvalue weighted by Gasteiger charge is -2.30. The van der Waals surface area contributed by atoms with Gasteiger partial charge in [-0.3, -0.25) is 5.14 Å². The van der Waals surface area contributed by atoms with Crippen LogP contribution >= 0.6 is 11.9 Å². The maximum absolute atomic E-state index is 13.1. The SMILES string of the molecule is CC[C@@H](SN)[C@H]1CCOc2cc(F)ccc21. The van der Waals surface area contributed by atoms with Gasteiger partial charge in [0.25, 0.3) is 0 Å². The van der Waals surface area contributed by atoms with Crippen LogP contribution in [0.1, 0.15) is 31.2 Å². The van der Waals surface area contributed by atoms with Crippen LogP contribution in [0.2, 0.25) is 0 Å². The topological polar surface area (TPSA) is 35.2 Å². The molecule has 1 aromatic rings. The van der Waals surface area contributed by atoms with Crippen LogP contribution < -0.4 is 9.88 Å². The molecule has 0 aliphatic carbocycles. The fourth-order valence-electron chi connectivity index (χ4n) is 2.25. The summed E-state index contributed by atoms with van der Waals surface area (Å²) >= 11 is 1.39. The van der Waals surface area contributed by atoms with Gasteiger partial charge in [0.05, 0.1) is 6.61 Å². The van der Waals surface area contributed by atoms with Gasteiger partial charge < -0.3 is 4.74 Å². The number of hydrogen-bond acceptors (Lipinski definition) is 3. The maximum Gasteiger partial charge on any atom is 0.126 e. The van der Waals surface area contributed by atoms with E-state index in [1.165, 1.54) is 24.1 Å². The van der Waals surface area contributed by atoms with E-state index in [1.54, 1.807) is 0 Å². The van der Waals surface area contributed by atoms with E-state index in [2.05, 4.69) is 6.92 Å². The van der Waals surface area contributed by atoms with Crippen LogP contribution in [0.3, 0.4) is 0 Å². The Morgan fingerprint density at radius 3 is 3.12 bits per heavy atom. The third-order valence-electron chi connectivity index (χ3n) is 3.09. The summed E-state index contributed by atoms with van der Waals surface area (Å²) in [5, 5.41) is 6.09. The van der Waals surface area contributed by atoms with Gasteiger partial charge in [-0.05, 0) is 24.5 Å². The van der Waals surface area contributed by atoms with Gasteiger partial charge in [0.1, 0.15) is 11.6 Å². The molecule has 2 atom stereocenters. The molecule has 0 unspecified atom stereocenters. The van der Waals surface area contributed by atoms with Crippen molar-refractivity contribution in [2.24, 2.45) is 5.14 Å². The Hall–Kier alpha value is -0.740. The molecule has 0 saturated heterocycles. The van der Waals surface area contributed by atoms with Crippen molar-refractivity contribution < 1.29 is 9.13 Å². The molecule has 1 aromatic carbocycles. The molecule has 2 rings (SSSR count). The van der Waals surface area contributed by atoms with E-state index in [0.29, 0.717) is 23.5 Å². The minimum absolute atomic E-state index is 0.243. The summed E-state index contributed by atoms with van der Waals surface area (Å²) in [6, 6.07) is 4.79. The van der Waals surface area contributed by atoms with E-state index in [1.807, 2.05) is 6.07 Å². The first-order valence-electron chi connectivity index (χ1n) is 5.54. The fourth-order valence-corrected chi connectivity index (χ4v) is 2.92. The molecule has 0 fully saturated rings. The zero-order valence-corrected chi connectivity index (χ0v) is 10.1. The molecule has 0 saturated carbocycles. The summed E-state index contributed by atoms with van der Waals surface area (Å²) in [5.41, 5.74) is 1.09. The van der Waals surface area contributed by atoms with Crippen LogP contribution in [-0.2, 0) is 0 Å². The molecular formula is C12H16FNOS. The highest BCUT2D eigenvalue weighted by molar-refractivity contribution is 7.97.